The van der Waals surface area contributed by atoms with E-state index in [2.05, 4.69) is 19.2 Å². The van der Waals surface area contributed by atoms with E-state index in [-0.39, 0.29) is 0 Å². The van der Waals surface area contributed by atoms with E-state index in [9.17, 15) is 8.42 Å². The molecule has 1 rings (SSSR count). The summed E-state index contributed by atoms with van der Waals surface area (Å²) in [5.41, 5.74) is 0. The van der Waals surface area contributed by atoms with Gasteiger partial charge in [-0.05, 0) is 44.2 Å². The molecule has 0 aliphatic carbocycles. The smallest absolute Gasteiger partial charge is 0.214 e. The lowest BCUT2D eigenvalue weighted by Crippen LogP contribution is -2.37. The van der Waals surface area contributed by atoms with Gasteiger partial charge < -0.3 is 5.32 Å². The van der Waals surface area contributed by atoms with Gasteiger partial charge in [0.2, 0.25) is 10.0 Å². The first-order valence-electron chi connectivity index (χ1n) is 6.56. The van der Waals surface area contributed by atoms with Crippen LogP contribution in [0.15, 0.2) is 0 Å². The zero-order valence-electron chi connectivity index (χ0n) is 11.3. The van der Waals surface area contributed by atoms with Gasteiger partial charge in [0.25, 0.3) is 0 Å². The number of nitrogens with one attached hydrogen (secondary N) is 1. The third-order valence-electron chi connectivity index (χ3n) is 3.40. The van der Waals surface area contributed by atoms with Crippen LogP contribution in [0.4, 0.5) is 0 Å². The summed E-state index contributed by atoms with van der Waals surface area (Å²) in [6.45, 7) is 6.79. The van der Waals surface area contributed by atoms with Crippen LogP contribution in [-0.2, 0) is 10.0 Å². The maximum absolute atomic E-state index is 12.1. The van der Waals surface area contributed by atoms with Crippen LogP contribution in [0.25, 0.3) is 0 Å². The van der Waals surface area contributed by atoms with Crippen molar-refractivity contribution in [3.63, 3.8) is 0 Å². The topological polar surface area (TPSA) is 49.4 Å². The van der Waals surface area contributed by atoms with Crippen LogP contribution in [0.1, 0.15) is 33.1 Å². The van der Waals surface area contributed by atoms with E-state index in [0.717, 1.165) is 32.4 Å². The molecule has 0 aromatic rings. The second-order valence-corrected chi connectivity index (χ2v) is 7.60. The Morgan fingerprint density at radius 3 is 2.41 bits per heavy atom. The standard InChI is InChI=1S/C12H26N2O2S/c1-11(2)6-9-14(3)17(15,16)10-12-4-7-13-8-5-12/h11-13H,4-10H2,1-3H3. The molecule has 1 N–H and O–H groups in total. The van der Waals surface area contributed by atoms with Gasteiger partial charge in [-0.3, -0.25) is 0 Å². The molecular weight excluding hydrogens is 236 g/mol. The van der Waals surface area contributed by atoms with E-state index in [1.807, 2.05) is 0 Å². The minimum absolute atomic E-state index is 0.323. The van der Waals surface area contributed by atoms with Gasteiger partial charge in [-0.2, -0.15) is 0 Å². The molecule has 0 radical (unpaired) electrons. The Morgan fingerprint density at radius 1 is 1.29 bits per heavy atom. The number of nitrogens with zero attached hydrogens (tertiary/aromatic N) is 1. The molecule has 0 spiro atoms. The highest BCUT2D eigenvalue weighted by molar-refractivity contribution is 7.89. The molecule has 5 heteroatoms. The number of sulfonamides is 1. The fourth-order valence-electron chi connectivity index (χ4n) is 2.05. The summed E-state index contributed by atoms with van der Waals surface area (Å²) in [4.78, 5) is 0. The van der Waals surface area contributed by atoms with Crippen LogP contribution >= 0.6 is 0 Å². The number of hydrogen-bond donors (Lipinski definition) is 1. The minimum atomic E-state index is -3.05. The molecule has 0 unspecified atom stereocenters. The Morgan fingerprint density at radius 2 is 1.88 bits per heavy atom. The predicted octanol–water partition coefficient (Wildman–Crippen LogP) is 1.29. The summed E-state index contributed by atoms with van der Waals surface area (Å²) < 4.78 is 25.8. The second kappa shape index (κ2) is 6.71. The zero-order chi connectivity index (χ0) is 12.9. The summed E-state index contributed by atoms with van der Waals surface area (Å²) in [5, 5.41) is 3.26. The highest BCUT2D eigenvalue weighted by atomic mass is 32.2. The SMILES string of the molecule is CC(C)CCN(C)S(=O)(=O)CC1CCNCC1. The molecule has 1 fully saturated rings. The lowest BCUT2D eigenvalue weighted by atomic mass is 10.0. The van der Waals surface area contributed by atoms with Crippen LogP contribution < -0.4 is 5.32 Å². The molecule has 0 aromatic carbocycles. The molecule has 4 nitrogen and oxygen atoms in total. The third kappa shape index (κ3) is 5.36. The Bertz CT molecular complexity index is 308. The van der Waals surface area contributed by atoms with Crippen molar-refractivity contribution in [2.75, 3.05) is 32.4 Å². The van der Waals surface area contributed by atoms with Gasteiger partial charge in [-0.1, -0.05) is 13.8 Å². The molecule has 0 aromatic heterocycles. The first-order valence-corrected chi connectivity index (χ1v) is 8.17. The largest absolute Gasteiger partial charge is 0.317 e. The normalized spacial score (nSPS) is 19.1. The molecule has 102 valence electrons. The van der Waals surface area contributed by atoms with Gasteiger partial charge in [-0.15, -0.1) is 0 Å². The second-order valence-electron chi connectivity index (χ2n) is 5.48. The Hall–Kier alpha value is -0.130. The van der Waals surface area contributed by atoms with Gasteiger partial charge in [0.1, 0.15) is 0 Å². The first kappa shape index (κ1) is 14.9. The molecule has 1 saturated heterocycles. The van der Waals surface area contributed by atoms with Crippen molar-refractivity contribution in [1.29, 1.82) is 0 Å². The van der Waals surface area contributed by atoms with Crippen LogP contribution in [-0.4, -0.2) is 45.2 Å². The molecular formula is C12H26N2O2S. The van der Waals surface area contributed by atoms with Crippen LogP contribution in [0, 0.1) is 11.8 Å². The molecule has 0 atom stereocenters. The van der Waals surface area contributed by atoms with Gasteiger partial charge >= 0.3 is 0 Å². The van der Waals surface area contributed by atoms with Crippen molar-refractivity contribution in [3.05, 3.63) is 0 Å². The molecule has 17 heavy (non-hydrogen) atoms. The van der Waals surface area contributed by atoms with Crippen molar-refractivity contribution >= 4 is 10.0 Å². The molecule has 0 bridgehead atoms. The maximum Gasteiger partial charge on any atom is 0.214 e. The molecule has 1 aliphatic heterocycles. The van der Waals surface area contributed by atoms with E-state index in [1.165, 1.54) is 4.31 Å². The van der Waals surface area contributed by atoms with E-state index >= 15 is 0 Å². The van der Waals surface area contributed by atoms with Crippen molar-refractivity contribution in [3.8, 4) is 0 Å². The summed E-state index contributed by atoms with van der Waals surface area (Å²) in [5.74, 6) is 1.21. The number of piperidine rings is 1. The van der Waals surface area contributed by atoms with Gasteiger partial charge in [0.05, 0.1) is 5.75 Å². The van der Waals surface area contributed by atoms with Crippen molar-refractivity contribution in [2.24, 2.45) is 11.8 Å². The van der Waals surface area contributed by atoms with Crippen molar-refractivity contribution < 1.29 is 8.42 Å². The molecule has 0 amide bonds. The zero-order valence-corrected chi connectivity index (χ0v) is 12.1. The predicted molar refractivity (Wildman–Crippen MR) is 71.5 cm³/mol. The van der Waals surface area contributed by atoms with Crippen molar-refractivity contribution in [2.45, 2.75) is 33.1 Å². The highest BCUT2D eigenvalue weighted by Gasteiger charge is 2.24. The number of hydrogen-bond acceptors (Lipinski definition) is 3. The fourth-order valence-corrected chi connectivity index (χ4v) is 3.62. The van der Waals surface area contributed by atoms with Crippen LogP contribution in [0.3, 0.4) is 0 Å². The summed E-state index contributed by atoms with van der Waals surface area (Å²) in [6, 6.07) is 0. The third-order valence-corrected chi connectivity index (χ3v) is 5.43. The van der Waals surface area contributed by atoms with E-state index in [0.29, 0.717) is 24.1 Å². The van der Waals surface area contributed by atoms with Crippen LogP contribution in [0.2, 0.25) is 0 Å². The lowest BCUT2D eigenvalue weighted by molar-refractivity contribution is 0.383. The van der Waals surface area contributed by atoms with Crippen LogP contribution in [0.5, 0.6) is 0 Å². The Balaban J connectivity index is 2.43. The Labute approximate surface area is 106 Å². The fraction of sp³-hybridized carbons (Fsp3) is 1.00. The summed E-state index contributed by atoms with van der Waals surface area (Å²) in [6.07, 6.45) is 2.90. The molecule has 0 saturated carbocycles. The van der Waals surface area contributed by atoms with Gasteiger partial charge in [0, 0.05) is 13.6 Å². The number of rotatable bonds is 6. The summed E-state index contributed by atoms with van der Waals surface area (Å²) in [7, 11) is -1.34. The van der Waals surface area contributed by atoms with Gasteiger partial charge in [0.15, 0.2) is 0 Å². The van der Waals surface area contributed by atoms with Crippen molar-refractivity contribution in [1.82, 2.24) is 9.62 Å². The first-order chi connectivity index (χ1) is 7.92. The maximum atomic E-state index is 12.1. The minimum Gasteiger partial charge on any atom is -0.317 e. The highest BCUT2D eigenvalue weighted by Crippen LogP contribution is 2.16. The Kier molecular flexibility index (Phi) is 5.89. The molecule has 1 heterocycles. The lowest BCUT2D eigenvalue weighted by Gasteiger charge is -2.25. The van der Waals surface area contributed by atoms with E-state index in [4.69, 9.17) is 0 Å². The van der Waals surface area contributed by atoms with Gasteiger partial charge in [-0.25, -0.2) is 12.7 Å². The average Bonchev–Trinajstić information content (AvgIpc) is 2.26. The quantitative estimate of drug-likeness (QED) is 0.785. The molecule has 1 aliphatic rings. The average molecular weight is 262 g/mol. The van der Waals surface area contributed by atoms with E-state index < -0.39 is 10.0 Å². The summed E-state index contributed by atoms with van der Waals surface area (Å²) >= 11 is 0. The monoisotopic (exact) mass is 262 g/mol. The van der Waals surface area contributed by atoms with E-state index in [1.54, 1.807) is 7.05 Å².